The standard InChI is InChI=1S/C20H24ClNO5.C6H5Cl/c1-2-27-20(26)18(13-3-4-13)22-16(12-5-8-15(21)9-6-12)10-7-14(19(22)25)11-17(23)24;7-6-4-2-1-3-5-6/h5-6,8-9,13-14,16,18H,2-4,7,10-11H2,1H3,(H,23,24);1-5H. The highest BCUT2D eigenvalue weighted by atomic mass is 35.5. The van der Waals surface area contributed by atoms with E-state index in [4.69, 9.17) is 33.0 Å². The number of carboxylic acids is 1. The van der Waals surface area contributed by atoms with Gasteiger partial charge in [-0.2, -0.15) is 0 Å². The highest BCUT2D eigenvalue weighted by Gasteiger charge is 2.49. The maximum atomic E-state index is 13.2. The van der Waals surface area contributed by atoms with Crippen LogP contribution in [0.1, 0.15) is 50.6 Å². The number of likely N-dealkylation sites (tertiary alicyclic amines) is 1. The maximum absolute atomic E-state index is 13.2. The van der Waals surface area contributed by atoms with Gasteiger partial charge in [-0.05, 0) is 68.4 Å². The largest absolute Gasteiger partial charge is 0.481 e. The summed E-state index contributed by atoms with van der Waals surface area (Å²) in [6, 6.07) is 15.8. The lowest BCUT2D eigenvalue weighted by molar-refractivity contribution is -0.163. The Bertz CT molecular complexity index is 978. The van der Waals surface area contributed by atoms with Crippen molar-refractivity contribution in [3.8, 4) is 0 Å². The molecule has 1 heterocycles. The maximum Gasteiger partial charge on any atom is 0.329 e. The van der Waals surface area contributed by atoms with Gasteiger partial charge in [0.15, 0.2) is 0 Å². The Morgan fingerprint density at radius 3 is 2.12 bits per heavy atom. The van der Waals surface area contributed by atoms with Gasteiger partial charge in [0.05, 0.1) is 19.1 Å². The minimum Gasteiger partial charge on any atom is -0.481 e. The van der Waals surface area contributed by atoms with E-state index in [2.05, 4.69) is 0 Å². The Labute approximate surface area is 209 Å². The van der Waals surface area contributed by atoms with E-state index < -0.39 is 23.9 Å². The topological polar surface area (TPSA) is 83.9 Å². The van der Waals surface area contributed by atoms with Gasteiger partial charge in [-0.25, -0.2) is 4.79 Å². The van der Waals surface area contributed by atoms with Crippen molar-refractivity contribution in [2.24, 2.45) is 11.8 Å². The molecule has 2 aliphatic rings. The summed E-state index contributed by atoms with van der Waals surface area (Å²) in [5.41, 5.74) is 0.900. The summed E-state index contributed by atoms with van der Waals surface area (Å²) in [7, 11) is 0. The molecule has 0 radical (unpaired) electrons. The zero-order valence-corrected chi connectivity index (χ0v) is 20.5. The van der Waals surface area contributed by atoms with Gasteiger partial charge in [-0.1, -0.05) is 53.5 Å². The Kier molecular flexibility index (Phi) is 9.36. The minimum atomic E-state index is -1.00. The first-order valence-electron chi connectivity index (χ1n) is 11.5. The van der Waals surface area contributed by atoms with E-state index >= 15 is 0 Å². The van der Waals surface area contributed by atoms with E-state index in [0.717, 1.165) is 23.4 Å². The van der Waals surface area contributed by atoms with Crippen molar-refractivity contribution in [2.45, 2.75) is 51.1 Å². The number of carboxylic acid groups (broad SMARTS) is 1. The zero-order valence-electron chi connectivity index (χ0n) is 19.0. The molecule has 1 aliphatic carbocycles. The SMILES string of the molecule is CCOC(=O)C(C1CC1)N1C(=O)C(CC(=O)O)CCC1c1ccc(Cl)cc1.Clc1ccccc1. The second-order valence-corrected chi connectivity index (χ2v) is 9.39. The molecule has 2 aromatic rings. The molecular formula is C26H29Cl2NO5. The van der Waals surface area contributed by atoms with Crippen molar-refractivity contribution < 1.29 is 24.2 Å². The van der Waals surface area contributed by atoms with Crippen molar-refractivity contribution >= 4 is 41.0 Å². The van der Waals surface area contributed by atoms with Crippen LogP contribution in [0.3, 0.4) is 0 Å². The fraction of sp³-hybridized carbons (Fsp3) is 0.423. The Hall–Kier alpha value is -2.57. The summed E-state index contributed by atoms with van der Waals surface area (Å²) in [5, 5.41) is 10.6. The molecule has 1 aliphatic heterocycles. The molecule has 3 atom stereocenters. The lowest BCUT2D eigenvalue weighted by Crippen LogP contribution is -2.53. The molecule has 0 spiro atoms. The number of ether oxygens (including phenoxy) is 1. The first kappa shape index (κ1) is 26.0. The van der Waals surface area contributed by atoms with Crippen molar-refractivity contribution in [2.75, 3.05) is 6.61 Å². The number of aliphatic carboxylic acids is 1. The molecule has 1 saturated heterocycles. The van der Waals surface area contributed by atoms with Crippen LogP contribution in [0.2, 0.25) is 10.0 Å². The first-order valence-corrected chi connectivity index (χ1v) is 12.2. The van der Waals surface area contributed by atoms with E-state index in [0.29, 0.717) is 17.9 Å². The van der Waals surface area contributed by atoms with Crippen LogP contribution in [0.5, 0.6) is 0 Å². The van der Waals surface area contributed by atoms with Crippen LogP contribution in [-0.4, -0.2) is 40.5 Å². The van der Waals surface area contributed by atoms with E-state index in [9.17, 15) is 14.4 Å². The molecule has 6 nitrogen and oxygen atoms in total. The zero-order chi connectivity index (χ0) is 24.7. The number of esters is 1. The van der Waals surface area contributed by atoms with Crippen LogP contribution in [-0.2, 0) is 19.1 Å². The number of carbonyl (C=O) groups excluding carboxylic acids is 2. The van der Waals surface area contributed by atoms with Crippen molar-refractivity contribution in [1.29, 1.82) is 0 Å². The third-order valence-electron chi connectivity index (χ3n) is 6.03. The summed E-state index contributed by atoms with van der Waals surface area (Å²) in [6.07, 6.45) is 2.60. The molecule has 0 aromatic heterocycles. The Morgan fingerprint density at radius 1 is 1.00 bits per heavy atom. The third kappa shape index (κ3) is 6.97. The van der Waals surface area contributed by atoms with Gasteiger partial charge >= 0.3 is 11.9 Å². The van der Waals surface area contributed by atoms with Crippen LogP contribution in [0.25, 0.3) is 0 Å². The predicted octanol–water partition coefficient (Wildman–Crippen LogP) is 5.78. The number of rotatable bonds is 7. The number of benzene rings is 2. The Balaban J connectivity index is 0.000000396. The van der Waals surface area contributed by atoms with Crippen LogP contribution < -0.4 is 0 Å². The van der Waals surface area contributed by atoms with E-state index in [-0.39, 0.29) is 30.9 Å². The molecule has 2 aromatic carbocycles. The van der Waals surface area contributed by atoms with E-state index in [1.54, 1.807) is 24.0 Å². The van der Waals surface area contributed by atoms with E-state index in [1.807, 2.05) is 42.5 Å². The number of nitrogens with zero attached hydrogens (tertiary/aromatic N) is 1. The first-order chi connectivity index (χ1) is 16.3. The van der Waals surface area contributed by atoms with Gasteiger partial charge in [0.1, 0.15) is 6.04 Å². The average Bonchev–Trinajstić information content (AvgIpc) is 3.63. The van der Waals surface area contributed by atoms with Crippen LogP contribution in [0.4, 0.5) is 0 Å². The number of piperidine rings is 1. The van der Waals surface area contributed by atoms with Crippen molar-refractivity contribution in [3.05, 3.63) is 70.2 Å². The summed E-state index contributed by atoms with van der Waals surface area (Å²) in [5.74, 6) is -2.21. The van der Waals surface area contributed by atoms with Crippen LogP contribution in [0, 0.1) is 11.8 Å². The molecule has 2 fully saturated rings. The van der Waals surface area contributed by atoms with Crippen LogP contribution >= 0.6 is 23.2 Å². The summed E-state index contributed by atoms with van der Waals surface area (Å²) >= 11 is 11.5. The van der Waals surface area contributed by atoms with Gasteiger partial charge in [0, 0.05) is 16.0 Å². The summed E-state index contributed by atoms with van der Waals surface area (Å²) in [4.78, 5) is 38.7. The van der Waals surface area contributed by atoms with Crippen molar-refractivity contribution in [1.82, 2.24) is 4.90 Å². The van der Waals surface area contributed by atoms with E-state index in [1.165, 1.54) is 0 Å². The molecular weight excluding hydrogens is 477 g/mol. The normalized spacial score (nSPS) is 20.7. The fourth-order valence-electron chi connectivity index (χ4n) is 4.32. The molecule has 182 valence electrons. The van der Waals surface area contributed by atoms with Gasteiger partial charge in [0.2, 0.25) is 5.91 Å². The lowest BCUT2D eigenvalue weighted by Gasteiger charge is -2.43. The monoisotopic (exact) mass is 505 g/mol. The average molecular weight is 506 g/mol. The quantitative estimate of drug-likeness (QED) is 0.482. The van der Waals surface area contributed by atoms with Gasteiger partial charge < -0.3 is 14.7 Å². The van der Waals surface area contributed by atoms with Gasteiger partial charge in [-0.15, -0.1) is 0 Å². The van der Waals surface area contributed by atoms with Crippen molar-refractivity contribution in [3.63, 3.8) is 0 Å². The summed E-state index contributed by atoms with van der Waals surface area (Å²) < 4.78 is 5.26. The van der Waals surface area contributed by atoms with Gasteiger partial charge in [0.25, 0.3) is 0 Å². The highest BCUT2D eigenvalue weighted by Crippen LogP contribution is 2.44. The molecule has 3 unspecified atom stereocenters. The molecule has 0 bridgehead atoms. The Morgan fingerprint density at radius 2 is 1.62 bits per heavy atom. The smallest absolute Gasteiger partial charge is 0.329 e. The molecule has 1 saturated carbocycles. The summed E-state index contributed by atoms with van der Waals surface area (Å²) in [6.45, 7) is 1.98. The number of amides is 1. The van der Waals surface area contributed by atoms with Crippen LogP contribution in [0.15, 0.2) is 54.6 Å². The third-order valence-corrected chi connectivity index (χ3v) is 6.54. The number of hydrogen-bond acceptors (Lipinski definition) is 4. The second-order valence-electron chi connectivity index (χ2n) is 8.51. The fourth-order valence-corrected chi connectivity index (χ4v) is 4.59. The number of hydrogen-bond donors (Lipinski definition) is 1. The molecule has 34 heavy (non-hydrogen) atoms. The number of carbonyl (C=O) groups is 3. The minimum absolute atomic E-state index is 0.0754. The predicted molar refractivity (Wildman–Crippen MR) is 131 cm³/mol. The molecule has 8 heteroatoms. The molecule has 1 N–H and O–H groups in total. The molecule has 4 rings (SSSR count). The van der Waals surface area contributed by atoms with Gasteiger partial charge in [-0.3, -0.25) is 9.59 Å². The number of halogens is 2. The second kappa shape index (κ2) is 12.2. The highest BCUT2D eigenvalue weighted by molar-refractivity contribution is 6.30. The lowest BCUT2D eigenvalue weighted by atomic mass is 9.84. The molecule has 1 amide bonds.